The first-order valence-corrected chi connectivity index (χ1v) is 10.9. The van der Waals surface area contributed by atoms with E-state index in [-0.39, 0.29) is 31.0 Å². The van der Waals surface area contributed by atoms with Crippen molar-refractivity contribution in [2.45, 2.75) is 45.8 Å². The monoisotopic (exact) mass is 458 g/mol. The van der Waals surface area contributed by atoms with Gasteiger partial charge < -0.3 is 29.2 Å². The summed E-state index contributed by atoms with van der Waals surface area (Å²) in [5, 5.41) is 2.95. The summed E-state index contributed by atoms with van der Waals surface area (Å²) >= 11 is 0. The normalized spacial score (nSPS) is 12.3. The zero-order valence-corrected chi connectivity index (χ0v) is 20.2. The summed E-state index contributed by atoms with van der Waals surface area (Å²) in [4.78, 5) is 27.5. The topological polar surface area (TPSA) is 86.3 Å². The van der Waals surface area contributed by atoms with Crippen molar-refractivity contribution in [2.75, 3.05) is 27.9 Å². The molecule has 0 spiro atoms. The Balaban J connectivity index is 2.19. The molecule has 8 nitrogen and oxygen atoms in total. The van der Waals surface area contributed by atoms with Crippen molar-refractivity contribution in [1.82, 2.24) is 10.2 Å². The Morgan fingerprint density at radius 3 is 1.94 bits per heavy atom. The molecule has 0 bridgehead atoms. The predicted molar refractivity (Wildman–Crippen MR) is 126 cm³/mol. The molecule has 2 aromatic carbocycles. The van der Waals surface area contributed by atoms with E-state index in [1.54, 1.807) is 32.2 Å². The van der Waals surface area contributed by atoms with Gasteiger partial charge in [0.05, 0.1) is 21.3 Å². The van der Waals surface area contributed by atoms with Crippen molar-refractivity contribution >= 4 is 11.8 Å². The lowest BCUT2D eigenvalue weighted by molar-refractivity contribution is -0.142. The van der Waals surface area contributed by atoms with E-state index in [1.165, 1.54) is 19.1 Å². The Morgan fingerprint density at radius 2 is 1.42 bits per heavy atom. The fourth-order valence-corrected chi connectivity index (χ4v) is 3.07. The first kappa shape index (κ1) is 25.8. The van der Waals surface area contributed by atoms with Crippen molar-refractivity contribution in [3.05, 3.63) is 48.0 Å². The third-order valence-corrected chi connectivity index (χ3v) is 5.37. The number of amides is 2. The first-order chi connectivity index (χ1) is 15.8. The van der Waals surface area contributed by atoms with Crippen LogP contribution in [0.5, 0.6) is 23.0 Å². The highest BCUT2D eigenvalue weighted by molar-refractivity contribution is 5.88. The minimum absolute atomic E-state index is 0.0124. The van der Waals surface area contributed by atoms with Crippen LogP contribution >= 0.6 is 0 Å². The van der Waals surface area contributed by atoms with E-state index in [1.807, 2.05) is 38.1 Å². The van der Waals surface area contributed by atoms with E-state index in [4.69, 9.17) is 18.9 Å². The highest BCUT2D eigenvalue weighted by atomic mass is 16.5. The molecule has 1 N–H and O–H groups in total. The molecule has 0 radical (unpaired) electrons. The average molecular weight is 459 g/mol. The minimum Gasteiger partial charge on any atom is -0.497 e. The minimum atomic E-state index is -0.683. The second kappa shape index (κ2) is 12.6. The molecule has 33 heavy (non-hydrogen) atoms. The summed E-state index contributed by atoms with van der Waals surface area (Å²) in [5.74, 6) is 1.71. The van der Waals surface area contributed by atoms with Gasteiger partial charge in [-0.15, -0.1) is 0 Å². The van der Waals surface area contributed by atoms with Gasteiger partial charge in [0.25, 0.3) is 5.91 Å². The third-order valence-electron chi connectivity index (χ3n) is 5.37. The summed E-state index contributed by atoms with van der Waals surface area (Å²) in [6.45, 7) is 5.65. The molecule has 0 aromatic heterocycles. The van der Waals surface area contributed by atoms with Gasteiger partial charge in [-0.25, -0.2) is 0 Å². The van der Waals surface area contributed by atoms with Crippen molar-refractivity contribution in [2.24, 2.45) is 0 Å². The Kier molecular flexibility index (Phi) is 9.84. The third kappa shape index (κ3) is 7.59. The van der Waals surface area contributed by atoms with Crippen LogP contribution in [-0.4, -0.2) is 56.7 Å². The number of carbonyl (C=O) groups excluding carboxylic acids is 2. The molecule has 0 saturated heterocycles. The highest BCUT2D eigenvalue weighted by Crippen LogP contribution is 2.27. The lowest BCUT2D eigenvalue weighted by Gasteiger charge is -2.29. The van der Waals surface area contributed by atoms with Gasteiger partial charge in [-0.1, -0.05) is 19.1 Å². The maximum Gasteiger partial charge on any atom is 0.261 e. The summed E-state index contributed by atoms with van der Waals surface area (Å²) in [7, 11) is 4.67. The molecule has 8 heteroatoms. The average Bonchev–Trinajstić information content (AvgIpc) is 2.85. The van der Waals surface area contributed by atoms with Crippen LogP contribution in [0.3, 0.4) is 0 Å². The largest absolute Gasteiger partial charge is 0.497 e. The molecule has 0 unspecified atom stereocenters. The fraction of sp³-hybridized carbons (Fsp3) is 0.440. The number of nitrogens with one attached hydrogen (secondary N) is 1. The second-order valence-electron chi connectivity index (χ2n) is 7.70. The Labute approximate surface area is 195 Å². The smallest absolute Gasteiger partial charge is 0.261 e. The highest BCUT2D eigenvalue weighted by Gasteiger charge is 2.27. The van der Waals surface area contributed by atoms with E-state index in [9.17, 15) is 9.59 Å². The lowest BCUT2D eigenvalue weighted by atomic mass is 10.1. The van der Waals surface area contributed by atoms with Gasteiger partial charge in [0.2, 0.25) is 5.91 Å². The number of hydrogen-bond acceptors (Lipinski definition) is 6. The number of carbonyl (C=O) groups is 2. The Hall–Kier alpha value is -3.42. The van der Waals surface area contributed by atoms with Gasteiger partial charge in [-0.3, -0.25) is 9.59 Å². The van der Waals surface area contributed by atoms with Crippen molar-refractivity contribution in [3.8, 4) is 23.0 Å². The zero-order valence-electron chi connectivity index (χ0n) is 20.2. The standard InChI is InChI=1S/C25H34N2O6/c1-7-17(2)26-25(29)18(3)27(15-19-8-10-20(30-4)11-9-19)24(28)16-33-23-13-21(31-5)12-22(14-23)32-6/h8-14,17-18H,7,15-16H2,1-6H3,(H,26,29)/t17-,18+/m0/s1. The van der Waals surface area contributed by atoms with Crippen molar-refractivity contribution in [3.63, 3.8) is 0 Å². The molecule has 2 amide bonds. The van der Waals surface area contributed by atoms with Gasteiger partial charge in [-0.05, 0) is 38.0 Å². The number of rotatable bonds is 12. The molecular weight excluding hydrogens is 424 g/mol. The van der Waals surface area contributed by atoms with Gasteiger partial charge >= 0.3 is 0 Å². The van der Waals surface area contributed by atoms with E-state index in [2.05, 4.69) is 5.32 Å². The number of ether oxygens (including phenoxy) is 4. The number of benzene rings is 2. The van der Waals surface area contributed by atoms with Gasteiger partial charge in [0.15, 0.2) is 6.61 Å². The molecule has 2 rings (SSSR count). The van der Waals surface area contributed by atoms with Crippen LogP contribution in [-0.2, 0) is 16.1 Å². The zero-order chi connectivity index (χ0) is 24.4. The van der Waals surface area contributed by atoms with E-state index in [0.717, 1.165) is 17.7 Å². The van der Waals surface area contributed by atoms with Crippen LogP contribution in [0.4, 0.5) is 0 Å². The molecule has 0 aliphatic carbocycles. The fourth-order valence-electron chi connectivity index (χ4n) is 3.07. The van der Waals surface area contributed by atoms with Crippen molar-refractivity contribution in [1.29, 1.82) is 0 Å². The maximum atomic E-state index is 13.2. The summed E-state index contributed by atoms with van der Waals surface area (Å²) in [6.07, 6.45) is 0.797. The molecule has 2 atom stereocenters. The quantitative estimate of drug-likeness (QED) is 0.525. The van der Waals surface area contributed by atoms with Crippen LogP contribution in [0.2, 0.25) is 0 Å². The Morgan fingerprint density at radius 1 is 0.879 bits per heavy atom. The van der Waals surface area contributed by atoms with Crippen LogP contribution in [0.25, 0.3) is 0 Å². The molecular formula is C25H34N2O6. The van der Waals surface area contributed by atoms with Crippen LogP contribution in [0.15, 0.2) is 42.5 Å². The number of nitrogens with zero attached hydrogens (tertiary/aromatic N) is 1. The van der Waals surface area contributed by atoms with Crippen LogP contribution in [0, 0.1) is 0 Å². The molecule has 0 fully saturated rings. The predicted octanol–water partition coefficient (Wildman–Crippen LogP) is 3.42. The van der Waals surface area contributed by atoms with E-state index < -0.39 is 6.04 Å². The number of hydrogen-bond donors (Lipinski definition) is 1. The molecule has 2 aromatic rings. The van der Waals surface area contributed by atoms with E-state index >= 15 is 0 Å². The summed E-state index contributed by atoms with van der Waals surface area (Å²) in [5.41, 5.74) is 0.871. The summed E-state index contributed by atoms with van der Waals surface area (Å²) < 4.78 is 21.4. The second-order valence-corrected chi connectivity index (χ2v) is 7.70. The SMILES string of the molecule is CC[C@H](C)NC(=O)[C@@H](C)N(Cc1ccc(OC)cc1)C(=O)COc1cc(OC)cc(OC)c1. The van der Waals surface area contributed by atoms with Gasteiger partial charge in [0, 0.05) is 30.8 Å². The van der Waals surface area contributed by atoms with Gasteiger partial charge in [0.1, 0.15) is 29.0 Å². The molecule has 180 valence electrons. The molecule has 0 saturated carbocycles. The summed E-state index contributed by atoms with van der Waals surface area (Å²) in [6, 6.07) is 11.8. The molecule has 0 aliphatic rings. The van der Waals surface area contributed by atoms with E-state index in [0.29, 0.717) is 17.2 Å². The maximum absolute atomic E-state index is 13.2. The van der Waals surface area contributed by atoms with Crippen LogP contribution < -0.4 is 24.3 Å². The van der Waals surface area contributed by atoms with Crippen molar-refractivity contribution < 1.29 is 28.5 Å². The van der Waals surface area contributed by atoms with Crippen LogP contribution in [0.1, 0.15) is 32.8 Å². The molecule has 0 heterocycles. The van der Waals surface area contributed by atoms with Gasteiger partial charge in [-0.2, -0.15) is 0 Å². The number of methoxy groups -OCH3 is 3. The first-order valence-electron chi connectivity index (χ1n) is 10.9. The lowest BCUT2D eigenvalue weighted by Crippen LogP contribution is -2.50. The Bertz CT molecular complexity index is 893. The molecule has 0 aliphatic heterocycles.